The topological polar surface area (TPSA) is 42.7 Å². The van der Waals surface area contributed by atoms with E-state index in [1.807, 2.05) is 6.07 Å². The second-order valence-electron chi connectivity index (χ2n) is 5.22. The van der Waals surface area contributed by atoms with Crippen LogP contribution in [0.1, 0.15) is 36.0 Å². The molecule has 100 valence electrons. The van der Waals surface area contributed by atoms with E-state index in [4.69, 9.17) is 0 Å². The van der Waals surface area contributed by atoms with Gasteiger partial charge in [-0.3, -0.25) is 0 Å². The summed E-state index contributed by atoms with van der Waals surface area (Å²) in [6.07, 6.45) is 3.18. The van der Waals surface area contributed by atoms with E-state index in [0.29, 0.717) is 5.92 Å². The van der Waals surface area contributed by atoms with Crippen molar-refractivity contribution in [3.05, 3.63) is 47.5 Å². The number of benzene rings is 1. The van der Waals surface area contributed by atoms with Gasteiger partial charge in [0.25, 0.3) is 0 Å². The fraction of sp³-hybridized carbons (Fsp3) is 0.467. The third-order valence-electron chi connectivity index (χ3n) is 3.91. The van der Waals surface area contributed by atoms with Crippen LogP contribution in [0.3, 0.4) is 0 Å². The number of nitrogens with zero attached hydrogens (tertiary/aromatic N) is 3. The summed E-state index contributed by atoms with van der Waals surface area (Å²) in [6, 6.07) is 10.5. The van der Waals surface area contributed by atoms with Gasteiger partial charge in [0.05, 0.1) is 0 Å². The van der Waals surface area contributed by atoms with Gasteiger partial charge >= 0.3 is 0 Å². The molecule has 0 radical (unpaired) electrons. The van der Waals surface area contributed by atoms with Crippen molar-refractivity contribution in [3.63, 3.8) is 0 Å². The predicted octanol–water partition coefficient (Wildman–Crippen LogP) is 1.87. The van der Waals surface area contributed by atoms with E-state index >= 15 is 0 Å². The highest BCUT2D eigenvalue weighted by Crippen LogP contribution is 2.23. The number of nitrogens with one attached hydrogen (secondary N) is 1. The molecule has 1 aliphatic heterocycles. The average molecular weight is 256 g/mol. The van der Waals surface area contributed by atoms with Gasteiger partial charge in [0, 0.05) is 19.4 Å². The number of piperidine rings is 1. The molecule has 1 aromatic heterocycles. The highest BCUT2D eigenvalue weighted by atomic mass is 15.3. The van der Waals surface area contributed by atoms with Crippen LogP contribution in [-0.4, -0.2) is 27.9 Å². The van der Waals surface area contributed by atoms with Crippen LogP contribution < -0.4 is 5.32 Å². The lowest BCUT2D eigenvalue weighted by molar-refractivity contribution is 0.435. The summed E-state index contributed by atoms with van der Waals surface area (Å²) < 4.78 is 2.18. The molecule has 1 aromatic carbocycles. The molecular weight excluding hydrogens is 236 g/mol. The van der Waals surface area contributed by atoms with Crippen LogP contribution in [0.5, 0.6) is 0 Å². The summed E-state index contributed by atoms with van der Waals surface area (Å²) >= 11 is 0. The van der Waals surface area contributed by atoms with Crippen LogP contribution in [-0.2, 0) is 13.5 Å². The normalized spacial score (nSPS) is 16.7. The molecule has 4 nitrogen and oxygen atoms in total. The summed E-state index contributed by atoms with van der Waals surface area (Å²) in [7, 11) is 2.09. The summed E-state index contributed by atoms with van der Waals surface area (Å²) in [5, 5.41) is 12.2. The van der Waals surface area contributed by atoms with Gasteiger partial charge < -0.3 is 9.88 Å². The Hall–Kier alpha value is -1.68. The zero-order chi connectivity index (χ0) is 13.1. The van der Waals surface area contributed by atoms with Crippen LogP contribution in [0, 0.1) is 0 Å². The maximum atomic E-state index is 4.42. The van der Waals surface area contributed by atoms with Crippen molar-refractivity contribution < 1.29 is 0 Å². The molecule has 4 heteroatoms. The van der Waals surface area contributed by atoms with E-state index in [9.17, 15) is 0 Å². The molecule has 2 heterocycles. The van der Waals surface area contributed by atoms with Crippen molar-refractivity contribution in [2.75, 3.05) is 13.1 Å². The minimum Gasteiger partial charge on any atom is -0.318 e. The van der Waals surface area contributed by atoms with Crippen LogP contribution in [0.2, 0.25) is 0 Å². The molecule has 1 aliphatic rings. The molecule has 0 amide bonds. The Labute approximate surface area is 113 Å². The van der Waals surface area contributed by atoms with Crippen molar-refractivity contribution in [1.82, 2.24) is 20.1 Å². The minimum atomic E-state index is 0.559. The number of hydrogen-bond donors (Lipinski definition) is 1. The van der Waals surface area contributed by atoms with Crippen molar-refractivity contribution >= 4 is 0 Å². The lowest BCUT2D eigenvalue weighted by Crippen LogP contribution is -2.28. The van der Waals surface area contributed by atoms with Gasteiger partial charge in [-0.15, -0.1) is 10.2 Å². The summed E-state index contributed by atoms with van der Waals surface area (Å²) in [4.78, 5) is 0. The molecule has 0 bridgehead atoms. The van der Waals surface area contributed by atoms with E-state index in [0.717, 1.165) is 44.0 Å². The first-order valence-electron chi connectivity index (χ1n) is 6.97. The molecule has 3 rings (SSSR count). The van der Waals surface area contributed by atoms with E-state index in [-0.39, 0.29) is 0 Å². The standard InChI is InChI=1S/C15H20N4/c1-19-14(11-12-5-3-2-4-6-12)17-18-15(19)13-7-9-16-10-8-13/h2-6,13,16H,7-11H2,1H3. The highest BCUT2D eigenvalue weighted by molar-refractivity contribution is 5.19. The molecule has 1 fully saturated rings. The van der Waals surface area contributed by atoms with Gasteiger partial charge in [0.1, 0.15) is 11.6 Å². The SMILES string of the molecule is Cn1c(Cc2ccccc2)nnc1C1CCNCC1. The second kappa shape index (κ2) is 5.53. The average Bonchev–Trinajstić information content (AvgIpc) is 2.82. The maximum absolute atomic E-state index is 4.42. The lowest BCUT2D eigenvalue weighted by Gasteiger charge is -2.21. The third-order valence-corrected chi connectivity index (χ3v) is 3.91. The van der Waals surface area contributed by atoms with Gasteiger partial charge in [-0.1, -0.05) is 30.3 Å². The van der Waals surface area contributed by atoms with Gasteiger partial charge in [-0.2, -0.15) is 0 Å². The minimum absolute atomic E-state index is 0.559. The smallest absolute Gasteiger partial charge is 0.137 e. The first kappa shape index (κ1) is 12.4. The largest absolute Gasteiger partial charge is 0.318 e. The van der Waals surface area contributed by atoms with Crippen molar-refractivity contribution in [2.24, 2.45) is 7.05 Å². The molecular formula is C15H20N4. The van der Waals surface area contributed by atoms with Gasteiger partial charge in [-0.25, -0.2) is 0 Å². The first-order valence-corrected chi connectivity index (χ1v) is 6.97. The Kier molecular flexibility index (Phi) is 3.60. The molecule has 0 unspecified atom stereocenters. The molecule has 1 saturated heterocycles. The zero-order valence-corrected chi connectivity index (χ0v) is 11.3. The van der Waals surface area contributed by atoms with Crippen molar-refractivity contribution in [3.8, 4) is 0 Å². The Balaban J connectivity index is 1.78. The molecule has 0 spiro atoms. The lowest BCUT2D eigenvalue weighted by atomic mass is 9.97. The van der Waals surface area contributed by atoms with E-state index in [1.165, 1.54) is 5.56 Å². The fourth-order valence-electron chi connectivity index (χ4n) is 2.74. The number of aromatic nitrogens is 3. The Morgan fingerprint density at radius 1 is 1.16 bits per heavy atom. The van der Waals surface area contributed by atoms with Crippen LogP contribution >= 0.6 is 0 Å². The van der Waals surface area contributed by atoms with Crippen LogP contribution in [0.25, 0.3) is 0 Å². The molecule has 19 heavy (non-hydrogen) atoms. The number of hydrogen-bond acceptors (Lipinski definition) is 3. The second-order valence-corrected chi connectivity index (χ2v) is 5.22. The number of rotatable bonds is 3. The van der Waals surface area contributed by atoms with Crippen LogP contribution in [0.15, 0.2) is 30.3 Å². The Morgan fingerprint density at radius 2 is 1.89 bits per heavy atom. The fourth-order valence-corrected chi connectivity index (χ4v) is 2.74. The molecule has 0 aliphatic carbocycles. The van der Waals surface area contributed by atoms with E-state index in [2.05, 4.69) is 51.4 Å². The molecule has 2 aromatic rings. The quantitative estimate of drug-likeness (QED) is 0.911. The molecule has 0 atom stereocenters. The Bertz CT molecular complexity index is 526. The third kappa shape index (κ3) is 2.68. The van der Waals surface area contributed by atoms with Gasteiger partial charge in [-0.05, 0) is 31.5 Å². The van der Waals surface area contributed by atoms with E-state index < -0.39 is 0 Å². The van der Waals surface area contributed by atoms with E-state index in [1.54, 1.807) is 0 Å². The maximum Gasteiger partial charge on any atom is 0.137 e. The molecule has 0 saturated carbocycles. The summed E-state index contributed by atoms with van der Waals surface area (Å²) in [5.74, 6) is 2.76. The monoisotopic (exact) mass is 256 g/mol. The van der Waals surface area contributed by atoms with Crippen molar-refractivity contribution in [2.45, 2.75) is 25.2 Å². The van der Waals surface area contributed by atoms with Gasteiger partial charge in [0.2, 0.25) is 0 Å². The Morgan fingerprint density at radius 3 is 2.63 bits per heavy atom. The van der Waals surface area contributed by atoms with Crippen molar-refractivity contribution in [1.29, 1.82) is 0 Å². The summed E-state index contributed by atoms with van der Waals surface area (Å²) in [6.45, 7) is 2.18. The predicted molar refractivity (Wildman–Crippen MR) is 75.1 cm³/mol. The zero-order valence-electron chi connectivity index (χ0n) is 11.3. The van der Waals surface area contributed by atoms with Gasteiger partial charge in [0.15, 0.2) is 0 Å². The molecule has 1 N–H and O–H groups in total. The van der Waals surface area contributed by atoms with Crippen LogP contribution in [0.4, 0.5) is 0 Å². The summed E-state index contributed by atoms with van der Waals surface area (Å²) in [5.41, 5.74) is 1.29. The highest BCUT2D eigenvalue weighted by Gasteiger charge is 2.21. The first-order chi connectivity index (χ1) is 9.34.